The monoisotopic (exact) mass is 339 g/mol. The number of anilines is 1. The van der Waals surface area contributed by atoms with E-state index >= 15 is 0 Å². The van der Waals surface area contributed by atoms with Crippen LogP contribution in [-0.2, 0) is 0 Å². The Morgan fingerprint density at radius 3 is 2.32 bits per heavy atom. The minimum absolute atomic E-state index is 0.0380. The van der Waals surface area contributed by atoms with E-state index < -0.39 is 4.92 Å². The lowest BCUT2D eigenvalue weighted by Gasteiger charge is -2.15. The number of nitro benzene ring substituents is 1. The van der Waals surface area contributed by atoms with Crippen molar-refractivity contribution in [3.63, 3.8) is 0 Å². The van der Waals surface area contributed by atoms with Gasteiger partial charge in [0.25, 0.3) is 17.5 Å². The number of carbonyl (C=O) groups is 2. The van der Waals surface area contributed by atoms with Crippen molar-refractivity contribution in [2.75, 3.05) is 18.4 Å². The van der Waals surface area contributed by atoms with E-state index in [1.807, 2.05) is 0 Å². The van der Waals surface area contributed by atoms with Gasteiger partial charge in [0.2, 0.25) is 0 Å². The minimum Gasteiger partial charge on any atom is -0.339 e. The van der Waals surface area contributed by atoms with Crippen molar-refractivity contribution in [3.05, 3.63) is 69.8 Å². The topological polar surface area (TPSA) is 92.6 Å². The Kier molecular flexibility index (Phi) is 4.74. The van der Waals surface area contributed by atoms with Crippen LogP contribution in [0.5, 0.6) is 0 Å². The fourth-order valence-electron chi connectivity index (χ4n) is 2.77. The summed E-state index contributed by atoms with van der Waals surface area (Å²) in [5.41, 5.74) is 1.27. The fraction of sp³-hybridized carbons (Fsp3) is 0.222. The normalized spacial score (nSPS) is 13.5. The molecule has 0 spiro atoms. The maximum atomic E-state index is 12.4. The third kappa shape index (κ3) is 3.82. The average molecular weight is 339 g/mol. The molecule has 2 aromatic carbocycles. The van der Waals surface area contributed by atoms with Gasteiger partial charge in [0.1, 0.15) is 0 Å². The predicted molar refractivity (Wildman–Crippen MR) is 92.6 cm³/mol. The minimum atomic E-state index is -0.519. The van der Waals surface area contributed by atoms with Crippen LogP contribution in [0.25, 0.3) is 0 Å². The van der Waals surface area contributed by atoms with Crippen LogP contribution < -0.4 is 5.32 Å². The first-order valence-electron chi connectivity index (χ1n) is 8.00. The van der Waals surface area contributed by atoms with Gasteiger partial charge in [0.05, 0.1) is 4.92 Å². The number of amides is 2. The molecule has 1 saturated heterocycles. The molecule has 0 atom stereocenters. The van der Waals surface area contributed by atoms with Gasteiger partial charge in [-0.05, 0) is 43.2 Å². The Morgan fingerprint density at radius 1 is 1.00 bits per heavy atom. The molecule has 0 aliphatic carbocycles. The molecule has 1 heterocycles. The number of carbonyl (C=O) groups excluding carboxylic acids is 2. The molecule has 0 aromatic heterocycles. The van der Waals surface area contributed by atoms with E-state index in [1.165, 1.54) is 24.3 Å². The molecule has 1 N–H and O–H groups in total. The zero-order chi connectivity index (χ0) is 17.8. The Labute approximate surface area is 144 Å². The number of likely N-dealkylation sites (tertiary alicyclic amines) is 1. The molecule has 1 aliphatic heterocycles. The van der Waals surface area contributed by atoms with Crippen LogP contribution in [-0.4, -0.2) is 34.7 Å². The molecule has 7 nitrogen and oxygen atoms in total. The second kappa shape index (κ2) is 7.12. The molecule has 3 rings (SSSR count). The molecule has 1 fully saturated rings. The van der Waals surface area contributed by atoms with E-state index in [0.717, 1.165) is 25.9 Å². The third-order valence-corrected chi connectivity index (χ3v) is 4.10. The average Bonchev–Trinajstić information content (AvgIpc) is 3.16. The van der Waals surface area contributed by atoms with Gasteiger partial charge in [-0.15, -0.1) is 0 Å². The van der Waals surface area contributed by atoms with Gasteiger partial charge in [-0.2, -0.15) is 0 Å². The first-order valence-corrected chi connectivity index (χ1v) is 8.00. The molecule has 0 radical (unpaired) electrons. The Hall–Kier alpha value is -3.22. The number of nitro groups is 1. The summed E-state index contributed by atoms with van der Waals surface area (Å²) >= 11 is 0. The van der Waals surface area contributed by atoms with Crippen LogP contribution in [0.4, 0.5) is 11.4 Å². The van der Waals surface area contributed by atoms with Crippen LogP contribution >= 0.6 is 0 Å². The summed E-state index contributed by atoms with van der Waals surface area (Å²) in [6.07, 6.45) is 2.03. The smallest absolute Gasteiger partial charge is 0.269 e. The quantitative estimate of drug-likeness (QED) is 0.684. The maximum absolute atomic E-state index is 12.4. The molecule has 2 amide bonds. The van der Waals surface area contributed by atoms with Crippen LogP contribution in [0.2, 0.25) is 0 Å². The van der Waals surface area contributed by atoms with E-state index in [4.69, 9.17) is 0 Å². The molecule has 0 unspecified atom stereocenters. The highest BCUT2D eigenvalue weighted by Gasteiger charge is 2.19. The molecule has 1 aliphatic rings. The van der Waals surface area contributed by atoms with Gasteiger partial charge in [0.15, 0.2) is 0 Å². The van der Waals surface area contributed by atoms with Gasteiger partial charge < -0.3 is 10.2 Å². The number of hydrogen-bond donors (Lipinski definition) is 1. The summed E-state index contributed by atoms with van der Waals surface area (Å²) in [5.74, 6) is -0.426. The Bertz CT molecular complexity index is 811. The number of hydrogen-bond acceptors (Lipinski definition) is 4. The zero-order valence-electron chi connectivity index (χ0n) is 13.5. The number of benzene rings is 2. The summed E-state index contributed by atoms with van der Waals surface area (Å²) < 4.78 is 0. The lowest BCUT2D eigenvalue weighted by atomic mass is 10.1. The fourth-order valence-corrected chi connectivity index (χ4v) is 2.77. The second-order valence-electron chi connectivity index (χ2n) is 5.84. The van der Waals surface area contributed by atoms with Crippen molar-refractivity contribution in [2.24, 2.45) is 0 Å². The van der Waals surface area contributed by atoms with E-state index in [0.29, 0.717) is 16.8 Å². The number of nitrogens with zero attached hydrogens (tertiary/aromatic N) is 2. The molecule has 25 heavy (non-hydrogen) atoms. The molecular weight excluding hydrogens is 322 g/mol. The highest BCUT2D eigenvalue weighted by Crippen LogP contribution is 2.18. The summed E-state index contributed by atoms with van der Waals surface area (Å²) in [6, 6.07) is 12.1. The second-order valence-corrected chi connectivity index (χ2v) is 5.84. The van der Waals surface area contributed by atoms with Crippen LogP contribution in [0.3, 0.4) is 0 Å². The molecule has 0 bridgehead atoms. The largest absolute Gasteiger partial charge is 0.339 e. The lowest BCUT2D eigenvalue weighted by Crippen LogP contribution is -2.27. The Morgan fingerprint density at radius 2 is 1.68 bits per heavy atom. The molecule has 2 aromatic rings. The van der Waals surface area contributed by atoms with Crippen molar-refractivity contribution >= 4 is 23.2 Å². The van der Waals surface area contributed by atoms with E-state index in [-0.39, 0.29) is 17.5 Å². The maximum Gasteiger partial charge on any atom is 0.269 e. The van der Waals surface area contributed by atoms with Crippen molar-refractivity contribution in [2.45, 2.75) is 12.8 Å². The van der Waals surface area contributed by atoms with E-state index in [9.17, 15) is 19.7 Å². The highest BCUT2D eigenvalue weighted by atomic mass is 16.6. The lowest BCUT2D eigenvalue weighted by molar-refractivity contribution is -0.384. The van der Waals surface area contributed by atoms with Crippen LogP contribution in [0, 0.1) is 10.1 Å². The van der Waals surface area contributed by atoms with Gasteiger partial charge in [-0.3, -0.25) is 19.7 Å². The van der Waals surface area contributed by atoms with Crippen molar-refractivity contribution < 1.29 is 14.5 Å². The molecule has 128 valence electrons. The summed E-state index contributed by atoms with van der Waals surface area (Å²) in [7, 11) is 0. The standard InChI is InChI=1S/C18H17N3O4/c22-17(13-6-8-16(9-7-13)21(24)25)19-15-5-3-4-14(12-15)18(23)20-10-1-2-11-20/h3-9,12H,1-2,10-11H2,(H,19,22). The summed E-state index contributed by atoms with van der Waals surface area (Å²) in [5, 5.41) is 13.4. The van der Waals surface area contributed by atoms with Gasteiger partial charge in [-0.1, -0.05) is 6.07 Å². The first kappa shape index (κ1) is 16.6. The van der Waals surface area contributed by atoms with Gasteiger partial charge >= 0.3 is 0 Å². The SMILES string of the molecule is O=C(Nc1cccc(C(=O)N2CCCC2)c1)c1ccc([N+](=O)[O-])cc1. The van der Waals surface area contributed by atoms with Crippen molar-refractivity contribution in [1.29, 1.82) is 0 Å². The number of non-ortho nitro benzene ring substituents is 1. The molecule has 7 heteroatoms. The van der Waals surface area contributed by atoms with E-state index in [2.05, 4.69) is 5.32 Å². The molecular formula is C18H17N3O4. The van der Waals surface area contributed by atoms with Crippen molar-refractivity contribution in [1.82, 2.24) is 4.90 Å². The first-order chi connectivity index (χ1) is 12.0. The summed E-state index contributed by atoms with van der Waals surface area (Å²) in [6.45, 7) is 1.52. The van der Waals surface area contributed by atoms with Gasteiger partial charge in [-0.25, -0.2) is 0 Å². The van der Waals surface area contributed by atoms with E-state index in [1.54, 1.807) is 29.2 Å². The van der Waals surface area contributed by atoms with Crippen molar-refractivity contribution in [3.8, 4) is 0 Å². The number of nitrogens with one attached hydrogen (secondary N) is 1. The van der Waals surface area contributed by atoms with Gasteiger partial charge in [0, 0.05) is 42.0 Å². The predicted octanol–water partition coefficient (Wildman–Crippen LogP) is 3.08. The highest BCUT2D eigenvalue weighted by molar-refractivity contribution is 6.05. The summed E-state index contributed by atoms with van der Waals surface area (Å²) in [4.78, 5) is 36.6. The number of rotatable bonds is 4. The third-order valence-electron chi connectivity index (χ3n) is 4.10. The zero-order valence-corrected chi connectivity index (χ0v) is 13.5. The Balaban J connectivity index is 1.71. The van der Waals surface area contributed by atoms with Crippen LogP contribution in [0.15, 0.2) is 48.5 Å². The van der Waals surface area contributed by atoms with Crippen LogP contribution in [0.1, 0.15) is 33.6 Å². The molecule has 0 saturated carbocycles.